The minimum absolute atomic E-state index is 0.0729. The minimum Gasteiger partial charge on any atom is -0.344 e. The molecule has 0 saturated heterocycles. The maximum Gasteiger partial charge on any atom is 0.255 e. The number of hydrogen-bond donors (Lipinski definition) is 1. The van der Waals surface area contributed by atoms with Gasteiger partial charge in [-0.15, -0.1) is 6.42 Å². The fraction of sp³-hybridized carbons (Fsp3) is 0.417. The topological polar surface area (TPSA) is 64.0 Å². The van der Waals surface area contributed by atoms with Crippen LogP contribution in [0.4, 0.5) is 0 Å². The van der Waals surface area contributed by atoms with E-state index in [-0.39, 0.29) is 35.6 Å². The quantitative estimate of drug-likeness (QED) is 0.638. The maximum atomic E-state index is 11.8. The second-order valence-corrected chi connectivity index (χ2v) is 4.50. The lowest BCUT2D eigenvalue weighted by Crippen LogP contribution is -2.34. The van der Waals surface area contributed by atoms with Crippen LogP contribution in [0.3, 0.4) is 0 Å². The summed E-state index contributed by atoms with van der Waals surface area (Å²) in [5, 5.41) is 2.68. The summed E-state index contributed by atoms with van der Waals surface area (Å²) in [4.78, 5) is 27.5. The largest absolute Gasteiger partial charge is 0.344 e. The Labute approximate surface area is 109 Å². The van der Waals surface area contributed by atoms with Gasteiger partial charge < -0.3 is 5.32 Å². The molecule has 1 aliphatic carbocycles. The van der Waals surface area contributed by atoms with Crippen LogP contribution in [-0.2, 0) is 11.3 Å². The lowest BCUT2D eigenvalue weighted by molar-refractivity contribution is -0.121. The Morgan fingerprint density at radius 2 is 2.39 bits per heavy atom. The van der Waals surface area contributed by atoms with Gasteiger partial charge in [-0.3, -0.25) is 14.2 Å². The van der Waals surface area contributed by atoms with Crippen molar-refractivity contribution >= 4 is 17.5 Å². The Balaban J connectivity index is 2.24. The van der Waals surface area contributed by atoms with Gasteiger partial charge in [-0.1, -0.05) is 17.5 Å². The number of terminal acetylenes is 1. The molecule has 1 aromatic heterocycles. The minimum atomic E-state index is -0.312. The second-order valence-electron chi connectivity index (χ2n) is 4.12. The van der Waals surface area contributed by atoms with Crippen molar-refractivity contribution in [2.24, 2.45) is 0 Å². The first-order chi connectivity index (χ1) is 8.61. The number of carbonyl (C=O) groups excluding carboxylic acids is 1. The van der Waals surface area contributed by atoms with Gasteiger partial charge in [-0.2, -0.15) is 0 Å². The highest BCUT2D eigenvalue weighted by Crippen LogP contribution is 2.38. The van der Waals surface area contributed by atoms with Gasteiger partial charge in [0.15, 0.2) is 0 Å². The molecule has 0 radical (unpaired) electrons. The third kappa shape index (κ3) is 2.90. The summed E-state index contributed by atoms with van der Waals surface area (Å²) in [6.45, 7) is 0.0733. The fourth-order valence-electron chi connectivity index (χ4n) is 1.66. The average molecular weight is 266 g/mol. The fourth-order valence-corrected chi connectivity index (χ4v) is 1.84. The molecule has 1 amide bonds. The summed E-state index contributed by atoms with van der Waals surface area (Å²) in [6, 6.07) is 1.21. The van der Waals surface area contributed by atoms with Gasteiger partial charge >= 0.3 is 0 Å². The van der Waals surface area contributed by atoms with Gasteiger partial charge in [0.25, 0.3) is 5.56 Å². The zero-order valence-corrected chi connectivity index (χ0v) is 10.4. The SMILES string of the molecule is C#CCNC(=O)Cn1c(C2CC2)nc(Cl)cc1=O. The monoisotopic (exact) mass is 265 g/mol. The van der Waals surface area contributed by atoms with Crippen LogP contribution in [0.5, 0.6) is 0 Å². The van der Waals surface area contributed by atoms with Crippen molar-refractivity contribution in [3.05, 3.63) is 27.4 Å². The van der Waals surface area contributed by atoms with Crippen LogP contribution in [0.15, 0.2) is 10.9 Å². The number of aromatic nitrogens is 2. The molecule has 1 aromatic rings. The Morgan fingerprint density at radius 3 is 3.00 bits per heavy atom. The van der Waals surface area contributed by atoms with Crippen molar-refractivity contribution < 1.29 is 4.79 Å². The van der Waals surface area contributed by atoms with Gasteiger partial charge in [0.1, 0.15) is 17.5 Å². The highest BCUT2D eigenvalue weighted by Gasteiger charge is 2.29. The van der Waals surface area contributed by atoms with E-state index >= 15 is 0 Å². The standard InChI is InChI=1S/C12H12ClN3O2/c1-2-5-14-10(17)7-16-11(18)6-9(13)15-12(16)8-3-4-8/h1,6,8H,3-5,7H2,(H,14,17). The molecule has 1 fully saturated rings. The molecule has 0 aliphatic heterocycles. The highest BCUT2D eigenvalue weighted by atomic mass is 35.5. The molecule has 1 heterocycles. The molecule has 2 rings (SSSR count). The number of nitrogens with zero attached hydrogens (tertiary/aromatic N) is 2. The van der Waals surface area contributed by atoms with Crippen LogP contribution < -0.4 is 10.9 Å². The van der Waals surface area contributed by atoms with E-state index in [2.05, 4.69) is 16.2 Å². The Bertz CT molecular complexity index is 570. The second kappa shape index (κ2) is 5.23. The molecule has 1 aliphatic rings. The van der Waals surface area contributed by atoms with E-state index in [0.717, 1.165) is 12.8 Å². The summed E-state index contributed by atoms with van der Waals surface area (Å²) in [5.74, 6) is 2.82. The van der Waals surface area contributed by atoms with E-state index < -0.39 is 0 Å². The Kier molecular flexibility index (Phi) is 3.68. The first-order valence-corrected chi connectivity index (χ1v) is 5.97. The molecule has 6 heteroatoms. The van der Waals surface area contributed by atoms with E-state index in [9.17, 15) is 9.59 Å². The normalized spacial score (nSPS) is 14.0. The third-order valence-corrected chi connectivity index (χ3v) is 2.83. The number of hydrogen-bond acceptors (Lipinski definition) is 3. The average Bonchev–Trinajstić information content (AvgIpc) is 3.13. The summed E-state index contributed by atoms with van der Waals surface area (Å²) in [7, 11) is 0. The zero-order valence-electron chi connectivity index (χ0n) is 9.65. The van der Waals surface area contributed by atoms with Gasteiger partial charge in [-0.25, -0.2) is 4.98 Å². The van der Waals surface area contributed by atoms with Crippen LogP contribution in [0.2, 0.25) is 5.15 Å². The predicted octanol–water partition coefficient (Wildman–Crippen LogP) is 0.523. The van der Waals surface area contributed by atoms with Crippen molar-refractivity contribution in [3.63, 3.8) is 0 Å². The van der Waals surface area contributed by atoms with E-state index in [1.807, 2.05) is 0 Å². The molecular weight excluding hydrogens is 254 g/mol. The number of halogens is 1. The van der Waals surface area contributed by atoms with Crippen LogP contribution in [0.25, 0.3) is 0 Å². The van der Waals surface area contributed by atoms with Crippen LogP contribution >= 0.6 is 11.6 Å². The van der Waals surface area contributed by atoms with E-state index in [0.29, 0.717) is 5.82 Å². The van der Waals surface area contributed by atoms with Gasteiger partial charge in [0, 0.05) is 12.0 Å². The van der Waals surface area contributed by atoms with Crippen LogP contribution in [-0.4, -0.2) is 22.0 Å². The molecule has 0 atom stereocenters. The summed E-state index contributed by atoms with van der Waals surface area (Å²) < 4.78 is 1.36. The molecule has 0 bridgehead atoms. The molecule has 1 saturated carbocycles. The highest BCUT2D eigenvalue weighted by molar-refractivity contribution is 6.29. The van der Waals surface area contributed by atoms with Gasteiger partial charge in [0.05, 0.1) is 6.54 Å². The number of nitrogens with one attached hydrogen (secondary N) is 1. The molecule has 94 valence electrons. The summed E-state index contributed by atoms with van der Waals surface area (Å²) in [5.41, 5.74) is -0.312. The van der Waals surface area contributed by atoms with Crippen LogP contribution in [0.1, 0.15) is 24.6 Å². The van der Waals surface area contributed by atoms with Crippen molar-refractivity contribution in [2.75, 3.05) is 6.54 Å². The molecule has 18 heavy (non-hydrogen) atoms. The smallest absolute Gasteiger partial charge is 0.255 e. The van der Waals surface area contributed by atoms with Crippen molar-refractivity contribution in [1.29, 1.82) is 0 Å². The van der Waals surface area contributed by atoms with Crippen LogP contribution in [0, 0.1) is 12.3 Å². The molecular formula is C12H12ClN3O2. The molecule has 1 N–H and O–H groups in total. The number of carbonyl (C=O) groups is 1. The first-order valence-electron chi connectivity index (χ1n) is 5.59. The van der Waals surface area contributed by atoms with E-state index in [1.165, 1.54) is 10.6 Å². The Hall–Kier alpha value is -1.80. The van der Waals surface area contributed by atoms with Gasteiger partial charge in [0.2, 0.25) is 5.91 Å². The van der Waals surface area contributed by atoms with Crippen molar-refractivity contribution in [1.82, 2.24) is 14.9 Å². The first kappa shape index (κ1) is 12.7. The van der Waals surface area contributed by atoms with E-state index in [4.69, 9.17) is 18.0 Å². The van der Waals surface area contributed by atoms with Crippen molar-refractivity contribution in [2.45, 2.75) is 25.3 Å². The molecule has 0 aromatic carbocycles. The lowest BCUT2D eigenvalue weighted by Gasteiger charge is -2.10. The summed E-state index contributed by atoms with van der Waals surface area (Å²) in [6.07, 6.45) is 6.99. The van der Waals surface area contributed by atoms with E-state index in [1.54, 1.807) is 0 Å². The van der Waals surface area contributed by atoms with Gasteiger partial charge in [-0.05, 0) is 12.8 Å². The predicted molar refractivity (Wildman–Crippen MR) is 67.3 cm³/mol. The third-order valence-electron chi connectivity index (χ3n) is 2.64. The number of rotatable bonds is 4. The maximum absolute atomic E-state index is 11.8. The summed E-state index contributed by atoms with van der Waals surface area (Å²) >= 11 is 5.76. The molecule has 5 nitrogen and oxygen atoms in total. The lowest BCUT2D eigenvalue weighted by atomic mass is 10.3. The Morgan fingerprint density at radius 1 is 1.67 bits per heavy atom. The van der Waals surface area contributed by atoms with Crippen molar-refractivity contribution in [3.8, 4) is 12.3 Å². The molecule has 0 unspecified atom stereocenters. The zero-order chi connectivity index (χ0) is 13.1. The number of amides is 1. The molecule has 0 spiro atoms.